The SMILES string of the molecule is O=C1COc2ccccc2N1CCC(=O)N(Cc1ccc(C(F)(F)F)cc1)C1CC1. The van der Waals surface area contributed by atoms with E-state index in [0.717, 1.165) is 25.0 Å². The Morgan fingerprint density at radius 3 is 2.47 bits per heavy atom. The fourth-order valence-corrected chi connectivity index (χ4v) is 3.55. The number of hydrogen-bond donors (Lipinski definition) is 0. The van der Waals surface area contributed by atoms with Gasteiger partial charge >= 0.3 is 6.18 Å². The molecule has 0 spiro atoms. The lowest BCUT2D eigenvalue weighted by Crippen LogP contribution is -2.42. The van der Waals surface area contributed by atoms with Crippen molar-refractivity contribution >= 4 is 17.5 Å². The lowest BCUT2D eigenvalue weighted by Gasteiger charge is -2.30. The minimum atomic E-state index is -4.38. The van der Waals surface area contributed by atoms with E-state index in [1.807, 2.05) is 6.07 Å². The molecular formula is C22H21F3N2O3. The predicted octanol–water partition coefficient (Wildman–Crippen LogP) is 4.01. The van der Waals surface area contributed by atoms with E-state index < -0.39 is 11.7 Å². The zero-order chi connectivity index (χ0) is 21.3. The van der Waals surface area contributed by atoms with Crippen molar-refractivity contribution in [1.29, 1.82) is 0 Å². The molecule has 0 radical (unpaired) electrons. The van der Waals surface area contributed by atoms with Crippen molar-refractivity contribution in [2.24, 2.45) is 0 Å². The number of amides is 2. The number of fused-ring (bicyclic) bond motifs is 1. The van der Waals surface area contributed by atoms with Gasteiger partial charge in [-0.05, 0) is 42.7 Å². The van der Waals surface area contributed by atoms with Gasteiger partial charge in [-0.3, -0.25) is 9.59 Å². The highest BCUT2D eigenvalue weighted by Gasteiger charge is 2.34. The molecule has 8 heteroatoms. The van der Waals surface area contributed by atoms with E-state index >= 15 is 0 Å². The number of ether oxygens (including phenoxy) is 1. The van der Waals surface area contributed by atoms with Crippen LogP contribution in [-0.4, -0.2) is 35.9 Å². The van der Waals surface area contributed by atoms with Gasteiger partial charge in [-0.1, -0.05) is 24.3 Å². The second kappa shape index (κ2) is 8.01. The van der Waals surface area contributed by atoms with Crippen LogP contribution < -0.4 is 9.64 Å². The molecule has 5 nitrogen and oxygen atoms in total. The Labute approximate surface area is 172 Å². The second-order valence-corrected chi connectivity index (χ2v) is 7.50. The van der Waals surface area contributed by atoms with Crippen molar-refractivity contribution in [3.63, 3.8) is 0 Å². The first-order valence-corrected chi connectivity index (χ1v) is 9.81. The van der Waals surface area contributed by atoms with Crippen LogP contribution in [0, 0.1) is 0 Å². The molecule has 1 fully saturated rings. The highest BCUT2D eigenvalue weighted by molar-refractivity contribution is 5.98. The Hall–Kier alpha value is -3.03. The van der Waals surface area contributed by atoms with Gasteiger partial charge in [0, 0.05) is 25.6 Å². The molecule has 1 heterocycles. The first-order valence-electron chi connectivity index (χ1n) is 9.81. The summed E-state index contributed by atoms with van der Waals surface area (Å²) in [4.78, 5) is 28.4. The minimum Gasteiger partial charge on any atom is -0.482 e. The van der Waals surface area contributed by atoms with Gasteiger partial charge in [0.15, 0.2) is 6.61 Å². The van der Waals surface area contributed by atoms with E-state index in [0.29, 0.717) is 17.0 Å². The van der Waals surface area contributed by atoms with Crippen molar-refractivity contribution in [2.45, 2.75) is 38.0 Å². The number of anilines is 1. The summed E-state index contributed by atoms with van der Waals surface area (Å²) in [6, 6.07) is 12.2. The summed E-state index contributed by atoms with van der Waals surface area (Å²) in [6.45, 7) is 0.423. The number of halogens is 3. The summed E-state index contributed by atoms with van der Waals surface area (Å²) in [5, 5.41) is 0. The van der Waals surface area contributed by atoms with Crippen LogP contribution in [0.15, 0.2) is 48.5 Å². The van der Waals surface area contributed by atoms with Gasteiger partial charge in [0.05, 0.1) is 11.3 Å². The third-order valence-corrected chi connectivity index (χ3v) is 5.30. The number of benzene rings is 2. The summed E-state index contributed by atoms with van der Waals surface area (Å²) in [6.07, 6.45) is -2.49. The number of carbonyl (C=O) groups is 2. The van der Waals surface area contributed by atoms with Crippen molar-refractivity contribution in [1.82, 2.24) is 4.90 Å². The van der Waals surface area contributed by atoms with Gasteiger partial charge in [-0.15, -0.1) is 0 Å². The third kappa shape index (κ3) is 4.42. The molecule has 30 heavy (non-hydrogen) atoms. The summed E-state index contributed by atoms with van der Waals surface area (Å²) >= 11 is 0. The lowest BCUT2D eigenvalue weighted by molar-refractivity contribution is -0.137. The average molecular weight is 418 g/mol. The van der Waals surface area contributed by atoms with E-state index in [1.165, 1.54) is 12.1 Å². The van der Waals surface area contributed by atoms with Gasteiger partial charge in [-0.25, -0.2) is 0 Å². The van der Waals surface area contributed by atoms with Crippen LogP contribution >= 0.6 is 0 Å². The maximum Gasteiger partial charge on any atom is 0.416 e. The first kappa shape index (κ1) is 20.3. The molecule has 1 aliphatic heterocycles. The number of carbonyl (C=O) groups excluding carboxylic acids is 2. The highest BCUT2D eigenvalue weighted by atomic mass is 19.4. The van der Waals surface area contributed by atoms with Crippen LogP contribution in [0.5, 0.6) is 5.75 Å². The molecule has 0 unspecified atom stereocenters. The number of para-hydroxylation sites is 2. The fourth-order valence-electron chi connectivity index (χ4n) is 3.55. The Morgan fingerprint density at radius 1 is 1.10 bits per heavy atom. The Balaban J connectivity index is 1.42. The van der Waals surface area contributed by atoms with Gasteiger partial charge in [0.2, 0.25) is 5.91 Å². The van der Waals surface area contributed by atoms with E-state index in [4.69, 9.17) is 4.74 Å². The van der Waals surface area contributed by atoms with Crippen molar-refractivity contribution in [2.75, 3.05) is 18.1 Å². The van der Waals surface area contributed by atoms with Gasteiger partial charge in [-0.2, -0.15) is 13.2 Å². The lowest BCUT2D eigenvalue weighted by atomic mass is 10.1. The molecule has 1 saturated carbocycles. The van der Waals surface area contributed by atoms with Gasteiger partial charge in [0.1, 0.15) is 5.75 Å². The topological polar surface area (TPSA) is 49.9 Å². The Bertz CT molecular complexity index is 939. The number of nitrogens with zero attached hydrogens (tertiary/aromatic N) is 2. The standard InChI is InChI=1S/C22H21F3N2O3/c23-22(24,25)16-7-5-15(6-8-16)13-27(17-9-10-17)20(28)11-12-26-18-3-1-2-4-19(18)30-14-21(26)29/h1-8,17H,9-14H2. The van der Waals surface area contributed by atoms with E-state index in [2.05, 4.69) is 0 Å². The second-order valence-electron chi connectivity index (χ2n) is 7.50. The van der Waals surface area contributed by atoms with E-state index in [9.17, 15) is 22.8 Å². The quantitative estimate of drug-likeness (QED) is 0.712. The Morgan fingerprint density at radius 2 is 1.80 bits per heavy atom. The maximum atomic E-state index is 12.9. The monoisotopic (exact) mass is 418 g/mol. The largest absolute Gasteiger partial charge is 0.482 e. The van der Waals surface area contributed by atoms with Crippen molar-refractivity contribution in [3.8, 4) is 5.75 Å². The molecule has 1 aliphatic carbocycles. The van der Waals surface area contributed by atoms with Crippen LogP contribution in [0.4, 0.5) is 18.9 Å². The first-order chi connectivity index (χ1) is 14.3. The highest BCUT2D eigenvalue weighted by Crippen LogP contribution is 2.33. The molecule has 2 amide bonds. The summed E-state index contributed by atoms with van der Waals surface area (Å²) in [5.41, 5.74) is 0.582. The summed E-state index contributed by atoms with van der Waals surface area (Å²) < 4.78 is 43.7. The molecule has 0 N–H and O–H groups in total. The molecule has 0 saturated heterocycles. The van der Waals surface area contributed by atoms with Gasteiger partial charge < -0.3 is 14.5 Å². The average Bonchev–Trinajstić information content (AvgIpc) is 3.56. The molecule has 2 aromatic carbocycles. The zero-order valence-corrected chi connectivity index (χ0v) is 16.2. The van der Waals surface area contributed by atoms with E-state index in [-0.39, 0.29) is 44.0 Å². The minimum absolute atomic E-state index is 0.0664. The summed E-state index contributed by atoms with van der Waals surface area (Å²) in [7, 11) is 0. The predicted molar refractivity (Wildman–Crippen MR) is 104 cm³/mol. The molecule has 0 bridgehead atoms. The van der Waals surface area contributed by atoms with Crippen LogP contribution in [-0.2, 0) is 22.3 Å². The molecule has 158 valence electrons. The van der Waals surface area contributed by atoms with Crippen LogP contribution in [0.1, 0.15) is 30.4 Å². The normalized spacial score (nSPS) is 16.1. The number of hydrogen-bond acceptors (Lipinski definition) is 3. The fraction of sp³-hybridized carbons (Fsp3) is 0.364. The third-order valence-electron chi connectivity index (χ3n) is 5.30. The van der Waals surface area contributed by atoms with Gasteiger partial charge in [0.25, 0.3) is 5.91 Å². The van der Waals surface area contributed by atoms with Crippen molar-refractivity contribution < 1.29 is 27.5 Å². The van der Waals surface area contributed by atoms with Crippen LogP contribution in [0.2, 0.25) is 0 Å². The van der Waals surface area contributed by atoms with E-state index in [1.54, 1.807) is 28.0 Å². The Kier molecular flexibility index (Phi) is 5.40. The smallest absolute Gasteiger partial charge is 0.416 e. The van der Waals surface area contributed by atoms with Crippen LogP contribution in [0.25, 0.3) is 0 Å². The maximum absolute atomic E-state index is 12.9. The molecule has 0 aromatic heterocycles. The number of alkyl halides is 3. The molecule has 4 rings (SSSR count). The molecule has 2 aliphatic rings. The summed E-state index contributed by atoms with van der Waals surface area (Å²) in [5.74, 6) is 0.282. The number of rotatable bonds is 6. The molecular weight excluding hydrogens is 397 g/mol. The van der Waals surface area contributed by atoms with Crippen molar-refractivity contribution in [3.05, 3.63) is 59.7 Å². The molecule has 2 aromatic rings. The van der Waals surface area contributed by atoms with Crippen LogP contribution in [0.3, 0.4) is 0 Å². The zero-order valence-electron chi connectivity index (χ0n) is 16.2. The molecule has 0 atom stereocenters.